The number of nitrogens with zero attached hydrogens (tertiary/aromatic N) is 4. The Morgan fingerprint density at radius 1 is 0.392 bits per heavy atom. The number of alkyl halides is 3. The van der Waals surface area contributed by atoms with Gasteiger partial charge < -0.3 is 9.13 Å². The van der Waals surface area contributed by atoms with Gasteiger partial charge >= 0.3 is 6.18 Å². The summed E-state index contributed by atoms with van der Waals surface area (Å²) in [6.07, 6.45) is -2.15. The SMILES string of the molecule is Cc1cc(C)c(-c2ccc3c(c2)c2ccccc2n3-c2ccc(C3=CCC(c4ccccc4)=NC(c4ccccc4)=N3)c(-c3cc(C(F)(F)F)ccc3-n3c4ccccc4c4cc(-c5c(C)cc(C)cc5C)ccc43)c2)c(C)c1. The second kappa shape index (κ2) is 19.3. The minimum atomic E-state index is -4.65. The maximum atomic E-state index is 15.5. The number of hydrogen-bond donors (Lipinski definition) is 0. The lowest BCUT2D eigenvalue weighted by atomic mass is 9.92. The maximum Gasteiger partial charge on any atom is 0.416 e. The molecule has 2 aromatic heterocycles. The number of rotatable bonds is 8. The molecule has 10 aromatic carbocycles. The number of allylic oxidation sites excluding steroid dienone is 1. The van der Waals surface area contributed by atoms with Crippen molar-refractivity contribution in [2.45, 2.75) is 54.1 Å². The molecule has 0 saturated heterocycles. The van der Waals surface area contributed by atoms with Crippen LogP contribution in [0.3, 0.4) is 0 Å². The van der Waals surface area contributed by atoms with Gasteiger partial charge in [-0.15, -0.1) is 0 Å². The topological polar surface area (TPSA) is 34.6 Å². The van der Waals surface area contributed by atoms with Crippen LogP contribution in [0.25, 0.3) is 94.1 Å². The number of aliphatic imine (C=N–C) groups is 2. The van der Waals surface area contributed by atoms with Gasteiger partial charge in [-0.2, -0.15) is 13.2 Å². The lowest BCUT2D eigenvalue weighted by Crippen LogP contribution is -2.08. The molecule has 384 valence electrons. The number of aryl methyl sites for hydroxylation is 6. The first-order valence-corrected chi connectivity index (χ1v) is 26.8. The molecule has 0 unspecified atom stereocenters. The fourth-order valence-corrected chi connectivity index (χ4v) is 12.6. The first-order valence-electron chi connectivity index (χ1n) is 26.8. The summed E-state index contributed by atoms with van der Waals surface area (Å²) in [5.41, 5.74) is 21.1. The van der Waals surface area contributed by atoms with Crippen LogP contribution in [0.15, 0.2) is 222 Å². The van der Waals surface area contributed by atoms with Gasteiger partial charge in [-0.25, -0.2) is 9.98 Å². The van der Waals surface area contributed by atoms with Crippen molar-refractivity contribution in [1.82, 2.24) is 9.13 Å². The van der Waals surface area contributed by atoms with Gasteiger partial charge in [0, 0.05) is 50.3 Å². The number of hydrogen-bond acceptors (Lipinski definition) is 2. The summed E-state index contributed by atoms with van der Waals surface area (Å²) in [5, 5.41) is 4.15. The highest BCUT2D eigenvalue weighted by Gasteiger charge is 2.33. The van der Waals surface area contributed by atoms with E-state index in [1.165, 1.54) is 56.6 Å². The van der Waals surface area contributed by atoms with Gasteiger partial charge in [0.05, 0.1) is 44.7 Å². The zero-order valence-electron chi connectivity index (χ0n) is 44.8. The molecule has 1 aliphatic heterocycles. The molecular weight excluding hydrogens is 978 g/mol. The van der Waals surface area contributed by atoms with Crippen molar-refractivity contribution in [3.8, 4) is 44.8 Å². The molecule has 7 heteroatoms. The number of amidine groups is 1. The summed E-state index contributed by atoms with van der Waals surface area (Å²) in [6, 6.07) is 69.0. The molecule has 0 aliphatic carbocycles. The van der Waals surface area contributed by atoms with E-state index in [-0.39, 0.29) is 0 Å². The number of aromatic nitrogens is 2. The van der Waals surface area contributed by atoms with Gasteiger partial charge in [0.1, 0.15) is 0 Å². The van der Waals surface area contributed by atoms with E-state index in [0.717, 1.165) is 77.3 Å². The van der Waals surface area contributed by atoms with Gasteiger partial charge in [0.25, 0.3) is 0 Å². The lowest BCUT2D eigenvalue weighted by Gasteiger charge is -2.21. The van der Waals surface area contributed by atoms with Gasteiger partial charge in [0.2, 0.25) is 0 Å². The zero-order valence-corrected chi connectivity index (χ0v) is 44.8. The molecule has 1 aliphatic rings. The average Bonchev–Trinajstić information content (AvgIpc) is 3.98. The van der Waals surface area contributed by atoms with E-state index >= 15 is 13.2 Å². The number of para-hydroxylation sites is 2. The van der Waals surface area contributed by atoms with Crippen molar-refractivity contribution in [2.75, 3.05) is 0 Å². The summed E-state index contributed by atoms with van der Waals surface area (Å²) in [4.78, 5) is 10.6. The van der Waals surface area contributed by atoms with Crippen molar-refractivity contribution in [3.63, 3.8) is 0 Å². The molecule has 0 radical (unpaired) electrons. The van der Waals surface area contributed by atoms with Crippen LogP contribution < -0.4 is 0 Å². The molecule has 79 heavy (non-hydrogen) atoms. The smallest absolute Gasteiger partial charge is 0.309 e. The highest BCUT2D eigenvalue weighted by atomic mass is 19.4. The van der Waals surface area contributed by atoms with E-state index in [9.17, 15) is 0 Å². The van der Waals surface area contributed by atoms with E-state index in [1.807, 2.05) is 84.9 Å². The average molecular weight is 1030 g/mol. The summed E-state index contributed by atoms with van der Waals surface area (Å²) in [6.45, 7) is 12.9. The van der Waals surface area contributed by atoms with Crippen molar-refractivity contribution in [1.29, 1.82) is 0 Å². The summed E-state index contributed by atoms with van der Waals surface area (Å²) in [5.74, 6) is 0.511. The Morgan fingerprint density at radius 2 is 0.899 bits per heavy atom. The fourth-order valence-electron chi connectivity index (χ4n) is 12.6. The van der Waals surface area contributed by atoms with Gasteiger partial charge in [0.15, 0.2) is 5.84 Å². The Bertz CT molecular complexity index is 4500. The molecule has 0 bridgehead atoms. The van der Waals surface area contributed by atoms with Crippen molar-refractivity contribution in [3.05, 3.63) is 268 Å². The van der Waals surface area contributed by atoms with Crippen LogP contribution in [0.5, 0.6) is 0 Å². The Hall–Kier alpha value is -9.33. The fraction of sp³-hybridized carbons (Fsp3) is 0.111. The molecule has 3 heterocycles. The van der Waals surface area contributed by atoms with Gasteiger partial charge in [-0.05, 0) is 164 Å². The molecular formula is C72H55F3N4. The molecule has 0 saturated carbocycles. The standard InChI is InChI=1S/C72H55F3N4/c1-43-35-45(3)69(46(4)36-43)51-25-32-66-59(39-51)56-21-13-15-23-64(56)78(66)54-28-29-55(63-31-30-62(49-17-9-7-10-18-49)76-71(77-63)50-19-11-8-12-20-50)58(42-54)61-41-53(72(73,74)75)27-34-68(61)79-65-24-16-14-22-57(65)60-40-52(26-33-67(60)79)70-47(5)37-44(2)38-48(70)6/h7-29,31-42H,30H2,1-6H3. The first-order chi connectivity index (χ1) is 38.3. The predicted octanol–water partition coefficient (Wildman–Crippen LogP) is 19.4. The molecule has 0 fully saturated rings. The quantitative estimate of drug-likeness (QED) is 0.145. The molecule has 0 atom stereocenters. The monoisotopic (exact) mass is 1030 g/mol. The Kier molecular flexibility index (Phi) is 12.0. The molecule has 13 rings (SSSR count). The molecule has 0 N–H and O–H groups in total. The van der Waals surface area contributed by atoms with E-state index < -0.39 is 11.7 Å². The summed E-state index contributed by atoms with van der Waals surface area (Å²) < 4.78 is 51.0. The third-order valence-corrected chi connectivity index (χ3v) is 15.8. The Labute approximate surface area is 457 Å². The van der Waals surface area contributed by atoms with Crippen LogP contribution in [-0.2, 0) is 6.18 Å². The highest BCUT2D eigenvalue weighted by molar-refractivity contribution is 6.16. The number of benzene rings is 10. The maximum absolute atomic E-state index is 15.5. The van der Waals surface area contributed by atoms with Crippen LogP contribution in [0.2, 0.25) is 0 Å². The minimum Gasteiger partial charge on any atom is -0.309 e. The van der Waals surface area contributed by atoms with Gasteiger partial charge in [-0.1, -0.05) is 157 Å². The largest absolute Gasteiger partial charge is 0.416 e. The van der Waals surface area contributed by atoms with E-state index in [4.69, 9.17) is 9.98 Å². The lowest BCUT2D eigenvalue weighted by molar-refractivity contribution is -0.137. The first kappa shape index (κ1) is 49.3. The van der Waals surface area contributed by atoms with E-state index in [1.54, 1.807) is 6.07 Å². The van der Waals surface area contributed by atoms with Crippen LogP contribution in [0.1, 0.15) is 62.1 Å². The van der Waals surface area contributed by atoms with Crippen molar-refractivity contribution < 1.29 is 13.2 Å². The Balaban J connectivity index is 1.10. The van der Waals surface area contributed by atoms with Crippen LogP contribution in [0.4, 0.5) is 13.2 Å². The summed E-state index contributed by atoms with van der Waals surface area (Å²) in [7, 11) is 0. The molecule has 0 amide bonds. The third kappa shape index (κ3) is 8.67. The molecule has 12 aromatic rings. The van der Waals surface area contributed by atoms with E-state index in [2.05, 4.69) is 160 Å². The van der Waals surface area contributed by atoms with Gasteiger partial charge in [-0.3, -0.25) is 0 Å². The van der Waals surface area contributed by atoms with Crippen LogP contribution >= 0.6 is 0 Å². The van der Waals surface area contributed by atoms with E-state index in [0.29, 0.717) is 40.3 Å². The number of halogens is 3. The normalized spacial score (nSPS) is 13.1. The Morgan fingerprint density at radius 3 is 1.47 bits per heavy atom. The second-order valence-corrected chi connectivity index (χ2v) is 21.2. The van der Waals surface area contributed by atoms with Crippen LogP contribution in [-0.4, -0.2) is 20.7 Å². The highest BCUT2D eigenvalue weighted by Crippen LogP contribution is 2.45. The second-order valence-electron chi connectivity index (χ2n) is 21.2. The number of fused-ring (bicyclic) bond motifs is 6. The third-order valence-electron chi connectivity index (χ3n) is 15.8. The zero-order chi connectivity index (χ0) is 54.3. The van der Waals surface area contributed by atoms with Crippen molar-refractivity contribution >= 4 is 60.9 Å². The van der Waals surface area contributed by atoms with Crippen molar-refractivity contribution in [2.24, 2.45) is 9.98 Å². The summed E-state index contributed by atoms with van der Waals surface area (Å²) >= 11 is 0. The molecule has 4 nitrogen and oxygen atoms in total. The minimum absolute atomic E-state index is 0.405. The molecule has 0 spiro atoms. The van der Waals surface area contributed by atoms with Crippen LogP contribution in [0, 0.1) is 41.5 Å². The predicted molar refractivity (Wildman–Crippen MR) is 323 cm³/mol.